The second kappa shape index (κ2) is 3.92. The molecule has 0 aromatic carbocycles. The van der Waals surface area contributed by atoms with E-state index in [0.29, 0.717) is 5.57 Å². The summed E-state index contributed by atoms with van der Waals surface area (Å²) >= 11 is 2.55. The maximum absolute atomic E-state index is 11.9. The van der Waals surface area contributed by atoms with Crippen LogP contribution in [0.1, 0.15) is 10.6 Å². The van der Waals surface area contributed by atoms with Crippen LogP contribution in [0.5, 0.6) is 0 Å². The molecule has 1 fully saturated rings. The van der Waals surface area contributed by atoms with E-state index in [1.54, 1.807) is 6.08 Å². The quantitative estimate of drug-likeness (QED) is 0.645. The van der Waals surface area contributed by atoms with Gasteiger partial charge in [-0.2, -0.15) is 0 Å². The van der Waals surface area contributed by atoms with Gasteiger partial charge in [-0.25, -0.2) is 4.79 Å². The number of carbonyl (C=O) groups excluding carboxylic acids is 1. The fourth-order valence-electron chi connectivity index (χ4n) is 1.78. The van der Waals surface area contributed by atoms with E-state index in [9.17, 15) is 9.59 Å². The van der Waals surface area contributed by atoms with Crippen LogP contribution in [0.3, 0.4) is 0 Å². The Labute approximate surface area is 110 Å². The summed E-state index contributed by atoms with van der Waals surface area (Å²) in [5.41, 5.74) is 1.42. The molecule has 1 saturated heterocycles. The summed E-state index contributed by atoms with van der Waals surface area (Å²) in [6, 6.07) is 0. The number of aromatic nitrogens is 2. The monoisotopic (exact) mass is 281 g/mol. The second-order valence-corrected chi connectivity index (χ2v) is 5.53. The van der Waals surface area contributed by atoms with E-state index in [4.69, 9.17) is 5.11 Å². The van der Waals surface area contributed by atoms with E-state index in [1.807, 2.05) is 6.92 Å². The molecule has 92 valence electrons. The van der Waals surface area contributed by atoms with E-state index in [1.165, 1.54) is 33.6 Å². The molecule has 2 aliphatic heterocycles. The zero-order valence-electron chi connectivity index (χ0n) is 9.15. The van der Waals surface area contributed by atoms with Gasteiger partial charge in [-0.1, -0.05) is 4.49 Å². The Bertz CT molecular complexity index is 620. The summed E-state index contributed by atoms with van der Waals surface area (Å²) in [4.78, 5) is 24.9. The Hall–Kier alpha value is -1.67. The first-order valence-corrected chi connectivity index (χ1v) is 6.74. The Morgan fingerprint density at radius 1 is 1.61 bits per heavy atom. The number of thioether (sulfide) groups is 1. The number of hydrogen-bond donors (Lipinski definition) is 1. The van der Waals surface area contributed by atoms with Crippen LogP contribution in [-0.4, -0.2) is 36.8 Å². The fraction of sp³-hybridized carbons (Fsp3) is 0.200. The first kappa shape index (κ1) is 11.4. The highest BCUT2D eigenvalue weighted by Gasteiger charge is 2.49. The molecule has 18 heavy (non-hydrogen) atoms. The lowest BCUT2D eigenvalue weighted by molar-refractivity contribution is -0.141. The van der Waals surface area contributed by atoms with Gasteiger partial charge in [0.1, 0.15) is 11.1 Å². The molecule has 8 heteroatoms. The summed E-state index contributed by atoms with van der Waals surface area (Å²) < 4.78 is 3.80. The van der Waals surface area contributed by atoms with Crippen LogP contribution in [0.4, 0.5) is 0 Å². The maximum atomic E-state index is 11.9. The molecule has 0 unspecified atom stereocenters. The number of rotatable bonds is 2. The molecule has 0 spiro atoms. The molecule has 3 rings (SSSR count). The number of carboxylic acid groups (broad SMARTS) is 1. The van der Waals surface area contributed by atoms with Crippen molar-refractivity contribution in [3.8, 4) is 0 Å². The number of carbonyl (C=O) groups is 2. The van der Waals surface area contributed by atoms with Crippen LogP contribution < -0.4 is 0 Å². The minimum atomic E-state index is -1.08. The van der Waals surface area contributed by atoms with Gasteiger partial charge in [0.2, 0.25) is 0 Å². The van der Waals surface area contributed by atoms with Gasteiger partial charge < -0.3 is 5.11 Å². The molecule has 1 amide bonds. The highest BCUT2D eigenvalue weighted by molar-refractivity contribution is 8.03. The molecule has 1 N–H and O–H groups in total. The van der Waals surface area contributed by atoms with E-state index >= 15 is 0 Å². The third-order valence-electron chi connectivity index (χ3n) is 2.73. The van der Waals surface area contributed by atoms with Gasteiger partial charge in [-0.05, 0) is 24.5 Å². The Kier molecular flexibility index (Phi) is 2.49. The molecular weight excluding hydrogens is 274 g/mol. The number of amides is 1. The summed E-state index contributed by atoms with van der Waals surface area (Å²) in [5.74, 6) is -1.33. The molecule has 0 bridgehead atoms. The predicted octanol–water partition coefficient (Wildman–Crippen LogP) is 1.07. The number of aryl methyl sites for hydroxylation is 1. The van der Waals surface area contributed by atoms with Crippen molar-refractivity contribution in [1.82, 2.24) is 14.5 Å². The lowest BCUT2D eigenvalue weighted by atomic mass is 10.0. The van der Waals surface area contributed by atoms with Gasteiger partial charge in [0.15, 0.2) is 0 Å². The average Bonchev–Trinajstić information content (AvgIpc) is 2.90. The average molecular weight is 281 g/mol. The van der Waals surface area contributed by atoms with Crippen LogP contribution in [-0.2, 0) is 9.59 Å². The van der Waals surface area contributed by atoms with Gasteiger partial charge in [0.05, 0.1) is 16.1 Å². The van der Waals surface area contributed by atoms with E-state index < -0.39 is 5.97 Å². The SMILES string of the molecule is Cc1nnsc1/C=C1\C(=O)N2C(C(=O)O)=CS[C@H]12. The van der Waals surface area contributed by atoms with Crippen molar-refractivity contribution in [2.45, 2.75) is 12.3 Å². The maximum Gasteiger partial charge on any atom is 0.353 e. The van der Waals surface area contributed by atoms with Crippen molar-refractivity contribution in [1.29, 1.82) is 0 Å². The lowest BCUT2D eigenvalue weighted by Crippen LogP contribution is -2.51. The Morgan fingerprint density at radius 2 is 2.39 bits per heavy atom. The molecule has 0 saturated carbocycles. The van der Waals surface area contributed by atoms with Gasteiger partial charge in [-0.3, -0.25) is 9.69 Å². The normalized spacial score (nSPS) is 23.9. The topological polar surface area (TPSA) is 83.4 Å². The Morgan fingerprint density at radius 3 is 3.00 bits per heavy atom. The van der Waals surface area contributed by atoms with Crippen molar-refractivity contribution >= 4 is 41.2 Å². The molecule has 0 aliphatic carbocycles. The van der Waals surface area contributed by atoms with E-state index in [-0.39, 0.29) is 17.0 Å². The molecule has 0 radical (unpaired) electrons. The highest BCUT2D eigenvalue weighted by atomic mass is 32.2. The molecular formula is C10H7N3O3S2. The van der Waals surface area contributed by atoms with Crippen LogP contribution in [0.25, 0.3) is 6.08 Å². The summed E-state index contributed by atoms with van der Waals surface area (Å²) in [6.45, 7) is 1.82. The molecule has 1 atom stereocenters. The number of hydrogen-bond acceptors (Lipinski definition) is 6. The van der Waals surface area contributed by atoms with Crippen LogP contribution >= 0.6 is 23.3 Å². The minimum Gasteiger partial charge on any atom is -0.477 e. The summed E-state index contributed by atoms with van der Waals surface area (Å²) in [7, 11) is 0. The van der Waals surface area contributed by atoms with Crippen LogP contribution in [0.2, 0.25) is 0 Å². The third kappa shape index (κ3) is 1.49. The largest absolute Gasteiger partial charge is 0.477 e. The first-order chi connectivity index (χ1) is 8.59. The fourth-order valence-corrected chi connectivity index (χ4v) is 3.50. The third-order valence-corrected chi connectivity index (χ3v) is 4.58. The van der Waals surface area contributed by atoms with Crippen LogP contribution in [0, 0.1) is 6.92 Å². The molecule has 2 aliphatic rings. The number of fused-ring (bicyclic) bond motifs is 1. The molecule has 1 aromatic rings. The standard InChI is InChI=1S/C10H7N3O3S2/c1-4-7(18-12-11-4)2-5-8(14)13-6(10(15)16)3-17-9(5)13/h2-3,9H,1H3,(H,15,16)/b5-2+/t9-/m1/s1. The molecule has 3 heterocycles. The zero-order valence-corrected chi connectivity index (χ0v) is 10.8. The second-order valence-electron chi connectivity index (χ2n) is 3.79. The van der Waals surface area contributed by atoms with Crippen molar-refractivity contribution in [2.75, 3.05) is 0 Å². The molecule has 1 aromatic heterocycles. The zero-order chi connectivity index (χ0) is 12.9. The number of carboxylic acids is 1. The number of β-lactam (4-membered cyclic amide) rings is 1. The van der Waals surface area contributed by atoms with Crippen molar-refractivity contribution < 1.29 is 14.7 Å². The highest BCUT2D eigenvalue weighted by Crippen LogP contribution is 2.45. The Balaban J connectivity index is 1.89. The summed E-state index contributed by atoms with van der Waals surface area (Å²) in [5, 5.41) is 14.1. The van der Waals surface area contributed by atoms with Gasteiger partial charge in [0, 0.05) is 5.41 Å². The lowest BCUT2D eigenvalue weighted by Gasteiger charge is -2.37. The smallest absolute Gasteiger partial charge is 0.353 e. The van der Waals surface area contributed by atoms with Crippen molar-refractivity contribution in [2.24, 2.45) is 0 Å². The first-order valence-electron chi connectivity index (χ1n) is 5.02. The minimum absolute atomic E-state index is 0.0475. The van der Waals surface area contributed by atoms with E-state index in [2.05, 4.69) is 9.59 Å². The van der Waals surface area contributed by atoms with Crippen molar-refractivity contribution in [3.05, 3.63) is 27.2 Å². The predicted molar refractivity (Wildman–Crippen MR) is 66.6 cm³/mol. The molecule has 6 nitrogen and oxygen atoms in total. The number of nitrogens with zero attached hydrogens (tertiary/aromatic N) is 3. The summed E-state index contributed by atoms with van der Waals surface area (Å²) in [6.07, 6.45) is 1.75. The van der Waals surface area contributed by atoms with Gasteiger partial charge in [0.25, 0.3) is 5.91 Å². The van der Waals surface area contributed by atoms with Crippen molar-refractivity contribution in [3.63, 3.8) is 0 Å². The van der Waals surface area contributed by atoms with Gasteiger partial charge >= 0.3 is 5.97 Å². The van der Waals surface area contributed by atoms with Gasteiger partial charge in [-0.15, -0.1) is 16.9 Å². The van der Waals surface area contributed by atoms with E-state index in [0.717, 1.165) is 10.6 Å². The number of aliphatic carboxylic acids is 1. The van der Waals surface area contributed by atoms with Crippen LogP contribution in [0.15, 0.2) is 16.7 Å².